The van der Waals surface area contributed by atoms with Gasteiger partial charge in [0.2, 0.25) is 0 Å². The highest BCUT2D eigenvalue weighted by Crippen LogP contribution is 2.22. The number of nitrogens with zero attached hydrogens (tertiary/aromatic N) is 1. The van der Waals surface area contributed by atoms with E-state index >= 15 is 0 Å². The third kappa shape index (κ3) is 4.41. The second-order valence-corrected chi connectivity index (χ2v) is 6.05. The van der Waals surface area contributed by atoms with Crippen LogP contribution in [0.1, 0.15) is 11.1 Å². The van der Waals surface area contributed by atoms with Crippen LogP contribution in [0.5, 0.6) is 0 Å². The Morgan fingerprint density at radius 2 is 2.09 bits per heavy atom. The molecule has 0 radical (unpaired) electrons. The van der Waals surface area contributed by atoms with Crippen LogP contribution in [0.15, 0.2) is 46.4 Å². The number of nitrogens with one attached hydrogen (secondary N) is 1. The molecule has 2 aromatic carbocycles. The second-order valence-electron chi connectivity index (χ2n) is 4.76. The molecule has 0 bridgehead atoms. The predicted octanol–water partition coefficient (Wildman–Crippen LogP) is 5.10. The molecule has 0 spiro atoms. The van der Waals surface area contributed by atoms with Gasteiger partial charge in [-0.15, -0.1) is 0 Å². The van der Waals surface area contributed by atoms with Gasteiger partial charge in [0.1, 0.15) is 17.5 Å². The van der Waals surface area contributed by atoms with Gasteiger partial charge in [-0.25, -0.2) is 4.39 Å². The first-order valence-corrected chi connectivity index (χ1v) is 7.72. The molecule has 0 unspecified atom stereocenters. The molecule has 0 aliphatic rings. The lowest BCUT2D eigenvalue weighted by atomic mass is 10.1. The fraction of sp³-hybridized carbons (Fsp3) is 0.0588. The number of rotatable bonds is 3. The molecule has 2 aromatic rings. The Kier molecular flexibility index (Phi) is 5.54. The number of halogens is 3. The van der Waals surface area contributed by atoms with Crippen molar-refractivity contribution in [2.45, 2.75) is 6.92 Å². The summed E-state index contributed by atoms with van der Waals surface area (Å²) in [5, 5.41) is 12.3. The Hall–Kier alpha value is -2.16. The largest absolute Gasteiger partial charge is 0.321 e. The predicted molar refractivity (Wildman–Crippen MR) is 92.5 cm³/mol. The standard InChI is InChI=1S/C17H11BrClFN2O/c1-10-2-4-13(19)8-16(10)22-17(23)12(9-21)6-11-3-5-15(20)14(18)7-11/h2-8H,1H3,(H,22,23)/b12-6+. The molecule has 0 saturated heterocycles. The van der Waals surface area contributed by atoms with Crippen molar-refractivity contribution in [2.75, 3.05) is 5.32 Å². The lowest BCUT2D eigenvalue weighted by Crippen LogP contribution is -2.14. The van der Waals surface area contributed by atoms with Gasteiger partial charge in [-0.1, -0.05) is 23.7 Å². The Balaban J connectivity index is 2.28. The zero-order chi connectivity index (χ0) is 17.0. The van der Waals surface area contributed by atoms with Crippen LogP contribution in [0.3, 0.4) is 0 Å². The number of hydrogen-bond donors (Lipinski definition) is 1. The van der Waals surface area contributed by atoms with E-state index in [1.807, 2.05) is 13.0 Å². The number of amides is 1. The molecule has 0 aliphatic heterocycles. The first-order chi connectivity index (χ1) is 10.9. The van der Waals surface area contributed by atoms with Gasteiger partial charge in [-0.05, 0) is 64.3 Å². The van der Waals surface area contributed by atoms with E-state index in [1.165, 1.54) is 24.3 Å². The molecule has 0 saturated carbocycles. The van der Waals surface area contributed by atoms with Gasteiger partial charge in [0.15, 0.2) is 0 Å². The summed E-state index contributed by atoms with van der Waals surface area (Å²) in [6.07, 6.45) is 1.39. The zero-order valence-electron chi connectivity index (χ0n) is 12.0. The van der Waals surface area contributed by atoms with Crippen LogP contribution in [0.25, 0.3) is 6.08 Å². The minimum Gasteiger partial charge on any atom is -0.321 e. The zero-order valence-corrected chi connectivity index (χ0v) is 14.4. The third-order valence-electron chi connectivity index (χ3n) is 3.07. The number of carbonyl (C=O) groups excluding carboxylic acids is 1. The molecule has 116 valence electrons. The molecular weight excluding hydrogens is 383 g/mol. The summed E-state index contributed by atoms with van der Waals surface area (Å²) in [6, 6.07) is 11.2. The third-order valence-corrected chi connectivity index (χ3v) is 3.91. The summed E-state index contributed by atoms with van der Waals surface area (Å²) in [5.74, 6) is -0.974. The lowest BCUT2D eigenvalue weighted by molar-refractivity contribution is -0.112. The van der Waals surface area contributed by atoms with Crippen molar-refractivity contribution in [3.63, 3.8) is 0 Å². The maximum atomic E-state index is 13.2. The first-order valence-electron chi connectivity index (χ1n) is 6.55. The van der Waals surface area contributed by atoms with Crippen LogP contribution in [0.2, 0.25) is 5.02 Å². The van der Waals surface area contributed by atoms with Crippen molar-refractivity contribution >= 4 is 45.2 Å². The molecule has 0 atom stereocenters. The van der Waals surface area contributed by atoms with Crippen LogP contribution < -0.4 is 5.32 Å². The van der Waals surface area contributed by atoms with Crippen LogP contribution in [0.4, 0.5) is 10.1 Å². The number of carbonyl (C=O) groups is 1. The van der Waals surface area contributed by atoms with Crippen molar-refractivity contribution in [1.29, 1.82) is 5.26 Å². The molecule has 1 amide bonds. The van der Waals surface area contributed by atoms with Crippen LogP contribution >= 0.6 is 27.5 Å². The quantitative estimate of drug-likeness (QED) is 0.583. The summed E-state index contributed by atoms with van der Waals surface area (Å²) in [5.41, 5.74) is 1.80. The highest BCUT2D eigenvalue weighted by atomic mass is 79.9. The van der Waals surface area contributed by atoms with Crippen LogP contribution in [-0.2, 0) is 4.79 Å². The number of nitriles is 1. The molecule has 0 aliphatic carbocycles. The topological polar surface area (TPSA) is 52.9 Å². The Morgan fingerprint density at radius 1 is 1.35 bits per heavy atom. The molecular formula is C17H11BrClFN2O. The maximum Gasteiger partial charge on any atom is 0.266 e. The van der Waals surface area contributed by atoms with E-state index < -0.39 is 11.7 Å². The van der Waals surface area contributed by atoms with Crippen molar-refractivity contribution < 1.29 is 9.18 Å². The SMILES string of the molecule is Cc1ccc(Cl)cc1NC(=O)/C(C#N)=C/c1ccc(F)c(Br)c1. The number of hydrogen-bond acceptors (Lipinski definition) is 2. The van der Waals surface area contributed by atoms with E-state index in [0.717, 1.165) is 5.56 Å². The van der Waals surface area contributed by atoms with Gasteiger partial charge in [0.05, 0.1) is 4.47 Å². The molecule has 0 heterocycles. The summed E-state index contributed by atoms with van der Waals surface area (Å²) in [6.45, 7) is 1.82. The van der Waals surface area contributed by atoms with Gasteiger partial charge < -0.3 is 5.32 Å². The van der Waals surface area contributed by atoms with Crippen molar-refractivity contribution in [1.82, 2.24) is 0 Å². The van der Waals surface area contributed by atoms with E-state index in [9.17, 15) is 14.4 Å². The molecule has 1 N–H and O–H groups in total. The van der Waals surface area contributed by atoms with E-state index in [2.05, 4.69) is 21.2 Å². The average Bonchev–Trinajstić information content (AvgIpc) is 2.51. The fourth-order valence-corrected chi connectivity index (χ4v) is 2.40. The van der Waals surface area contributed by atoms with Gasteiger partial charge >= 0.3 is 0 Å². The first kappa shape index (κ1) is 17.2. The van der Waals surface area contributed by atoms with Gasteiger partial charge in [0, 0.05) is 10.7 Å². The van der Waals surface area contributed by atoms with Crippen molar-refractivity contribution in [2.24, 2.45) is 0 Å². The lowest BCUT2D eigenvalue weighted by Gasteiger charge is -2.08. The number of anilines is 1. The minimum absolute atomic E-state index is 0.0946. The molecule has 3 nitrogen and oxygen atoms in total. The number of benzene rings is 2. The van der Waals surface area contributed by atoms with Crippen LogP contribution in [0, 0.1) is 24.1 Å². The highest BCUT2D eigenvalue weighted by Gasteiger charge is 2.11. The molecule has 2 rings (SSSR count). The fourth-order valence-electron chi connectivity index (χ4n) is 1.84. The summed E-state index contributed by atoms with van der Waals surface area (Å²) >= 11 is 8.97. The minimum atomic E-state index is -0.557. The molecule has 0 aromatic heterocycles. The number of aryl methyl sites for hydroxylation is 1. The summed E-state index contributed by atoms with van der Waals surface area (Å²) < 4.78 is 13.5. The second kappa shape index (κ2) is 7.40. The van der Waals surface area contributed by atoms with E-state index in [1.54, 1.807) is 18.2 Å². The Morgan fingerprint density at radius 3 is 2.74 bits per heavy atom. The van der Waals surface area contributed by atoms with E-state index in [4.69, 9.17) is 11.6 Å². The van der Waals surface area contributed by atoms with Gasteiger partial charge in [-0.2, -0.15) is 5.26 Å². The summed E-state index contributed by atoms with van der Waals surface area (Å²) in [4.78, 5) is 12.2. The highest BCUT2D eigenvalue weighted by molar-refractivity contribution is 9.10. The summed E-state index contributed by atoms with van der Waals surface area (Å²) in [7, 11) is 0. The molecule has 0 fully saturated rings. The molecule has 6 heteroatoms. The van der Waals surface area contributed by atoms with E-state index in [-0.39, 0.29) is 10.0 Å². The van der Waals surface area contributed by atoms with Gasteiger partial charge in [0.25, 0.3) is 5.91 Å². The smallest absolute Gasteiger partial charge is 0.266 e. The monoisotopic (exact) mass is 392 g/mol. The molecule has 23 heavy (non-hydrogen) atoms. The van der Waals surface area contributed by atoms with Gasteiger partial charge in [-0.3, -0.25) is 4.79 Å². The van der Waals surface area contributed by atoms with Crippen molar-refractivity contribution in [3.05, 3.63) is 68.4 Å². The Labute approximate surface area is 146 Å². The Bertz CT molecular complexity index is 843. The average molecular weight is 394 g/mol. The maximum absolute atomic E-state index is 13.2. The normalized spacial score (nSPS) is 11.0. The van der Waals surface area contributed by atoms with E-state index in [0.29, 0.717) is 16.3 Å². The van der Waals surface area contributed by atoms with Crippen LogP contribution in [-0.4, -0.2) is 5.91 Å². The van der Waals surface area contributed by atoms with Crippen molar-refractivity contribution in [3.8, 4) is 6.07 Å².